The minimum absolute atomic E-state index is 0.0123. The molecule has 0 aromatic heterocycles. The normalized spacial score (nSPS) is 17.5. The lowest BCUT2D eigenvalue weighted by atomic mass is 10.0. The van der Waals surface area contributed by atoms with Crippen LogP contribution in [0.5, 0.6) is 0 Å². The van der Waals surface area contributed by atoms with E-state index in [4.69, 9.17) is 0 Å². The molecule has 1 heterocycles. The Balaban J connectivity index is 2.04. The molecule has 0 aliphatic carbocycles. The maximum Gasteiger partial charge on any atom is 0.243 e. The van der Waals surface area contributed by atoms with Gasteiger partial charge in [-0.3, -0.25) is 9.69 Å². The number of sulfonamides is 1. The quantitative estimate of drug-likeness (QED) is 0.751. The molecule has 1 aromatic rings. The summed E-state index contributed by atoms with van der Waals surface area (Å²) in [6, 6.07) is 2.22. The van der Waals surface area contributed by atoms with Crippen LogP contribution in [0.25, 0.3) is 0 Å². The zero-order chi connectivity index (χ0) is 21.1. The largest absolute Gasteiger partial charge is 0.353 e. The van der Waals surface area contributed by atoms with Gasteiger partial charge in [-0.1, -0.05) is 19.4 Å². The Morgan fingerprint density at radius 2 is 1.61 bits per heavy atom. The number of hydrogen-bond acceptors (Lipinski definition) is 4. The van der Waals surface area contributed by atoms with Crippen LogP contribution in [0.2, 0.25) is 0 Å². The second-order valence-electron chi connectivity index (χ2n) is 8.03. The summed E-state index contributed by atoms with van der Waals surface area (Å²) in [5.41, 5.74) is 3.65. The molecule has 0 radical (unpaired) electrons. The van der Waals surface area contributed by atoms with E-state index in [0.717, 1.165) is 35.1 Å². The van der Waals surface area contributed by atoms with Gasteiger partial charge in [0.1, 0.15) is 0 Å². The molecule has 158 valence electrons. The van der Waals surface area contributed by atoms with Gasteiger partial charge in [-0.05, 0) is 63.3 Å². The first-order valence-electron chi connectivity index (χ1n) is 10.2. The predicted molar refractivity (Wildman–Crippen MR) is 113 cm³/mol. The summed E-state index contributed by atoms with van der Waals surface area (Å²) >= 11 is 0. The van der Waals surface area contributed by atoms with E-state index in [-0.39, 0.29) is 11.9 Å². The lowest BCUT2D eigenvalue weighted by Crippen LogP contribution is -2.51. The van der Waals surface area contributed by atoms with E-state index < -0.39 is 10.0 Å². The maximum atomic E-state index is 13.3. The number of rotatable bonds is 7. The molecule has 0 unspecified atom stereocenters. The fourth-order valence-electron chi connectivity index (χ4n) is 3.85. The third-order valence-electron chi connectivity index (χ3n) is 5.72. The Bertz CT molecular complexity index is 786. The van der Waals surface area contributed by atoms with Gasteiger partial charge in [-0.15, -0.1) is 0 Å². The van der Waals surface area contributed by atoms with Crippen molar-refractivity contribution in [3.05, 3.63) is 28.3 Å². The maximum absolute atomic E-state index is 13.3. The fourth-order valence-corrected chi connectivity index (χ4v) is 5.85. The SMILES string of the molecule is CCC[C@H](C)NC(=O)CN1CCN(S(=O)(=O)c2c(C)c(C)cc(C)c2C)CC1. The highest BCUT2D eigenvalue weighted by Gasteiger charge is 2.32. The van der Waals surface area contributed by atoms with E-state index in [1.807, 2.05) is 45.6 Å². The first-order chi connectivity index (χ1) is 13.1. The summed E-state index contributed by atoms with van der Waals surface area (Å²) in [7, 11) is -3.54. The second kappa shape index (κ2) is 9.37. The van der Waals surface area contributed by atoms with Crippen LogP contribution >= 0.6 is 0 Å². The lowest BCUT2D eigenvalue weighted by Gasteiger charge is -2.34. The van der Waals surface area contributed by atoms with Crippen LogP contribution in [0.4, 0.5) is 0 Å². The molecule has 0 saturated carbocycles. The minimum Gasteiger partial charge on any atom is -0.353 e. The number of carbonyl (C=O) groups excluding carboxylic acids is 1. The van der Waals surface area contributed by atoms with Crippen LogP contribution in [-0.2, 0) is 14.8 Å². The highest BCUT2D eigenvalue weighted by atomic mass is 32.2. The van der Waals surface area contributed by atoms with Crippen LogP contribution in [-0.4, -0.2) is 62.3 Å². The van der Waals surface area contributed by atoms with Crippen molar-refractivity contribution in [3.8, 4) is 0 Å². The first-order valence-corrected chi connectivity index (χ1v) is 11.6. The van der Waals surface area contributed by atoms with Gasteiger partial charge in [0.05, 0.1) is 11.4 Å². The Kier molecular flexibility index (Phi) is 7.65. The smallest absolute Gasteiger partial charge is 0.243 e. The van der Waals surface area contributed by atoms with Crippen LogP contribution in [0.3, 0.4) is 0 Å². The van der Waals surface area contributed by atoms with Gasteiger partial charge in [0, 0.05) is 32.2 Å². The van der Waals surface area contributed by atoms with E-state index in [9.17, 15) is 13.2 Å². The monoisotopic (exact) mass is 409 g/mol. The third kappa shape index (κ3) is 5.13. The van der Waals surface area contributed by atoms with Gasteiger partial charge in [0.15, 0.2) is 0 Å². The van der Waals surface area contributed by atoms with E-state index in [1.165, 1.54) is 0 Å². The number of amides is 1. The topological polar surface area (TPSA) is 69.7 Å². The second-order valence-corrected chi connectivity index (χ2v) is 9.90. The van der Waals surface area contributed by atoms with Crippen molar-refractivity contribution in [2.75, 3.05) is 32.7 Å². The molecular weight excluding hydrogens is 374 g/mol. The molecule has 1 aliphatic heterocycles. The van der Waals surface area contributed by atoms with Crippen LogP contribution in [0, 0.1) is 27.7 Å². The van der Waals surface area contributed by atoms with Gasteiger partial charge in [-0.2, -0.15) is 4.31 Å². The molecule has 6 nitrogen and oxygen atoms in total. The Morgan fingerprint density at radius 3 is 2.11 bits per heavy atom. The van der Waals surface area contributed by atoms with Crippen LogP contribution < -0.4 is 5.32 Å². The van der Waals surface area contributed by atoms with Crippen molar-refractivity contribution in [1.82, 2.24) is 14.5 Å². The van der Waals surface area contributed by atoms with E-state index >= 15 is 0 Å². The van der Waals surface area contributed by atoms with Gasteiger partial charge >= 0.3 is 0 Å². The molecule has 1 fully saturated rings. The number of benzene rings is 1. The Hall–Kier alpha value is -1.44. The molecule has 1 aliphatic rings. The first kappa shape index (κ1) is 22.8. The van der Waals surface area contributed by atoms with E-state index in [0.29, 0.717) is 37.6 Å². The van der Waals surface area contributed by atoms with Gasteiger partial charge in [0.25, 0.3) is 0 Å². The number of aryl methyl sites for hydroxylation is 2. The van der Waals surface area contributed by atoms with E-state index in [1.54, 1.807) is 4.31 Å². The molecule has 2 rings (SSSR count). The van der Waals surface area contributed by atoms with Gasteiger partial charge < -0.3 is 5.32 Å². The van der Waals surface area contributed by atoms with Crippen LogP contribution in [0.1, 0.15) is 48.9 Å². The van der Waals surface area contributed by atoms with Crippen molar-refractivity contribution in [2.45, 2.75) is 65.3 Å². The number of piperazine rings is 1. The predicted octanol–water partition coefficient (Wildman–Crippen LogP) is 2.53. The highest BCUT2D eigenvalue weighted by Crippen LogP contribution is 2.29. The van der Waals surface area contributed by atoms with Crippen LogP contribution in [0.15, 0.2) is 11.0 Å². The van der Waals surface area contributed by atoms with Gasteiger partial charge in [0.2, 0.25) is 15.9 Å². The molecular formula is C21H35N3O3S. The molecule has 7 heteroatoms. The fraction of sp³-hybridized carbons (Fsp3) is 0.667. The number of nitrogens with zero attached hydrogens (tertiary/aromatic N) is 2. The molecule has 0 bridgehead atoms. The molecule has 1 N–H and O–H groups in total. The minimum atomic E-state index is -3.54. The summed E-state index contributed by atoms with van der Waals surface area (Å²) in [6.45, 7) is 14.1. The summed E-state index contributed by atoms with van der Waals surface area (Å²) in [5.74, 6) is 0.0123. The summed E-state index contributed by atoms with van der Waals surface area (Å²) in [6.07, 6.45) is 2.00. The molecule has 1 atom stereocenters. The van der Waals surface area contributed by atoms with Crippen molar-refractivity contribution in [3.63, 3.8) is 0 Å². The zero-order valence-corrected chi connectivity index (χ0v) is 18.9. The molecule has 1 aromatic carbocycles. The van der Waals surface area contributed by atoms with Crippen molar-refractivity contribution in [2.24, 2.45) is 0 Å². The van der Waals surface area contributed by atoms with Crippen molar-refractivity contribution < 1.29 is 13.2 Å². The molecule has 0 spiro atoms. The average Bonchev–Trinajstić information content (AvgIpc) is 2.60. The Labute approximate surface area is 170 Å². The van der Waals surface area contributed by atoms with Crippen molar-refractivity contribution >= 4 is 15.9 Å². The lowest BCUT2D eigenvalue weighted by molar-refractivity contribution is -0.123. The van der Waals surface area contributed by atoms with Gasteiger partial charge in [-0.25, -0.2) is 8.42 Å². The molecule has 1 amide bonds. The summed E-state index contributed by atoms with van der Waals surface area (Å²) < 4.78 is 28.2. The average molecular weight is 410 g/mol. The number of nitrogens with one attached hydrogen (secondary N) is 1. The standard InChI is InChI=1S/C21H35N3O3S/c1-7-8-17(4)22-20(25)14-23-9-11-24(12-10-23)28(26,27)21-18(5)15(2)13-16(3)19(21)6/h13,17H,7-12,14H2,1-6H3,(H,22,25)/t17-/m0/s1. The molecule has 1 saturated heterocycles. The third-order valence-corrected chi connectivity index (χ3v) is 7.90. The van der Waals surface area contributed by atoms with Crippen molar-refractivity contribution in [1.29, 1.82) is 0 Å². The highest BCUT2D eigenvalue weighted by molar-refractivity contribution is 7.89. The Morgan fingerprint density at radius 1 is 1.07 bits per heavy atom. The number of carbonyl (C=O) groups is 1. The molecule has 28 heavy (non-hydrogen) atoms. The number of hydrogen-bond donors (Lipinski definition) is 1. The van der Waals surface area contributed by atoms with E-state index in [2.05, 4.69) is 12.2 Å². The zero-order valence-electron chi connectivity index (χ0n) is 18.1. The summed E-state index contributed by atoms with van der Waals surface area (Å²) in [4.78, 5) is 14.7. The summed E-state index contributed by atoms with van der Waals surface area (Å²) in [5, 5.41) is 3.01.